The molecule has 0 unspecified atom stereocenters. The van der Waals surface area contributed by atoms with Crippen molar-refractivity contribution in [3.8, 4) is 0 Å². The standard InChI is InChI=1S/C8H18OS2/c1-9-5-4-8-11-7-3-2-6-10/h10H,2-8H2,1H3. The molecule has 0 saturated heterocycles. The van der Waals surface area contributed by atoms with E-state index in [2.05, 4.69) is 12.6 Å². The van der Waals surface area contributed by atoms with Gasteiger partial charge >= 0.3 is 0 Å². The summed E-state index contributed by atoms with van der Waals surface area (Å²) in [6, 6.07) is 0. The zero-order chi connectivity index (χ0) is 8.36. The van der Waals surface area contributed by atoms with Crippen LogP contribution in [0.1, 0.15) is 19.3 Å². The zero-order valence-electron chi connectivity index (χ0n) is 7.21. The molecule has 0 aromatic rings. The molecule has 0 rings (SSSR count). The number of hydrogen-bond acceptors (Lipinski definition) is 3. The van der Waals surface area contributed by atoms with Gasteiger partial charge in [0.2, 0.25) is 0 Å². The Balaban J connectivity index is 2.69. The van der Waals surface area contributed by atoms with Crippen LogP contribution in [-0.2, 0) is 4.74 Å². The van der Waals surface area contributed by atoms with Crippen LogP contribution in [0.5, 0.6) is 0 Å². The molecule has 0 radical (unpaired) electrons. The van der Waals surface area contributed by atoms with Gasteiger partial charge in [0.15, 0.2) is 0 Å². The Hall–Kier alpha value is 0.660. The smallest absolute Gasteiger partial charge is 0.0470 e. The van der Waals surface area contributed by atoms with Crippen LogP contribution in [0.3, 0.4) is 0 Å². The molecule has 0 aliphatic carbocycles. The number of thioether (sulfide) groups is 1. The van der Waals surface area contributed by atoms with Gasteiger partial charge in [-0.3, -0.25) is 0 Å². The van der Waals surface area contributed by atoms with Gasteiger partial charge < -0.3 is 4.74 Å². The average Bonchev–Trinajstić information content (AvgIpc) is 2.03. The second-order valence-corrected chi connectivity index (χ2v) is 4.06. The third-order valence-corrected chi connectivity index (χ3v) is 2.80. The first-order valence-corrected chi connectivity index (χ1v) is 5.88. The van der Waals surface area contributed by atoms with Crippen LogP contribution < -0.4 is 0 Å². The first-order valence-electron chi connectivity index (χ1n) is 4.09. The van der Waals surface area contributed by atoms with E-state index in [9.17, 15) is 0 Å². The molecule has 0 aliphatic heterocycles. The van der Waals surface area contributed by atoms with Crippen LogP contribution in [0.15, 0.2) is 0 Å². The molecule has 0 aliphatic rings. The van der Waals surface area contributed by atoms with Gasteiger partial charge in [-0.2, -0.15) is 24.4 Å². The summed E-state index contributed by atoms with van der Waals surface area (Å²) in [6.45, 7) is 0.902. The van der Waals surface area contributed by atoms with E-state index in [1.165, 1.54) is 30.8 Å². The molecule has 0 atom stereocenters. The van der Waals surface area contributed by atoms with E-state index in [-0.39, 0.29) is 0 Å². The Morgan fingerprint density at radius 2 is 1.91 bits per heavy atom. The Bertz CT molecular complexity index is 61.1. The Morgan fingerprint density at radius 1 is 1.18 bits per heavy atom. The van der Waals surface area contributed by atoms with Crippen LogP contribution in [0, 0.1) is 0 Å². The van der Waals surface area contributed by atoms with Gasteiger partial charge in [0.1, 0.15) is 0 Å². The molecule has 0 aromatic heterocycles. The fraction of sp³-hybridized carbons (Fsp3) is 1.00. The van der Waals surface area contributed by atoms with Crippen LogP contribution in [0.2, 0.25) is 0 Å². The van der Waals surface area contributed by atoms with Crippen LogP contribution in [-0.4, -0.2) is 31.0 Å². The minimum atomic E-state index is 0.902. The summed E-state index contributed by atoms with van der Waals surface area (Å²) in [5.74, 6) is 3.54. The van der Waals surface area contributed by atoms with E-state index >= 15 is 0 Å². The van der Waals surface area contributed by atoms with Crippen molar-refractivity contribution in [3.05, 3.63) is 0 Å². The molecule has 1 nitrogen and oxygen atoms in total. The molecular formula is C8H18OS2. The molecule has 11 heavy (non-hydrogen) atoms. The summed E-state index contributed by atoms with van der Waals surface area (Å²) in [6.07, 6.45) is 3.74. The van der Waals surface area contributed by atoms with Crippen LogP contribution in [0.4, 0.5) is 0 Å². The first kappa shape index (κ1) is 11.7. The molecule has 0 fully saturated rings. The Labute approximate surface area is 79.7 Å². The number of hydrogen-bond donors (Lipinski definition) is 1. The second kappa shape index (κ2) is 10.7. The maximum Gasteiger partial charge on any atom is 0.0470 e. The normalized spacial score (nSPS) is 10.4. The SMILES string of the molecule is COCCCSCCCCS. The first-order chi connectivity index (χ1) is 5.41. The summed E-state index contributed by atoms with van der Waals surface area (Å²) >= 11 is 6.17. The summed E-state index contributed by atoms with van der Waals surface area (Å²) in [7, 11) is 1.76. The maximum absolute atomic E-state index is 4.94. The minimum Gasteiger partial charge on any atom is -0.385 e. The predicted molar refractivity (Wildman–Crippen MR) is 56.9 cm³/mol. The van der Waals surface area contributed by atoms with Gasteiger partial charge in [-0.15, -0.1) is 0 Å². The molecule has 68 valence electrons. The Morgan fingerprint density at radius 3 is 2.55 bits per heavy atom. The average molecular weight is 194 g/mol. The fourth-order valence-electron chi connectivity index (χ4n) is 0.723. The highest BCUT2D eigenvalue weighted by molar-refractivity contribution is 7.99. The third kappa shape index (κ3) is 10.7. The van der Waals surface area contributed by atoms with Gasteiger partial charge in [0.25, 0.3) is 0 Å². The molecule has 0 spiro atoms. The predicted octanol–water partition coefficient (Wildman–Crippen LogP) is 2.47. The number of rotatable bonds is 8. The number of ether oxygens (including phenoxy) is 1. The minimum absolute atomic E-state index is 0.902. The van der Waals surface area contributed by atoms with Crippen molar-refractivity contribution in [3.63, 3.8) is 0 Å². The van der Waals surface area contributed by atoms with Crippen molar-refractivity contribution in [1.29, 1.82) is 0 Å². The van der Waals surface area contributed by atoms with Gasteiger partial charge in [-0.1, -0.05) is 0 Å². The lowest BCUT2D eigenvalue weighted by Crippen LogP contribution is -1.91. The molecule has 0 bridgehead atoms. The monoisotopic (exact) mass is 194 g/mol. The maximum atomic E-state index is 4.94. The van der Waals surface area contributed by atoms with E-state index in [1.807, 2.05) is 11.8 Å². The van der Waals surface area contributed by atoms with E-state index in [0.29, 0.717) is 0 Å². The number of methoxy groups -OCH3 is 1. The van der Waals surface area contributed by atoms with Gasteiger partial charge in [0, 0.05) is 13.7 Å². The zero-order valence-corrected chi connectivity index (χ0v) is 8.92. The highest BCUT2D eigenvalue weighted by atomic mass is 32.2. The van der Waals surface area contributed by atoms with Crippen molar-refractivity contribution in [2.75, 3.05) is 31.0 Å². The molecule has 0 saturated carbocycles. The molecular weight excluding hydrogens is 176 g/mol. The molecule has 0 aromatic carbocycles. The topological polar surface area (TPSA) is 9.23 Å². The van der Waals surface area contributed by atoms with Crippen molar-refractivity contribution in [2.45, 2.75) is 19.3 Å². The van der Waals surface area contributed by atoms with E-state index in [0.717, 1.165) is 12.4 Å². The number of unbranched alkanes of at least 4 members (excludes halogenated alkanes) is 1. The van der Waals surface area contributed by atoms with Crippen LogP contribution in [0.25, 0.3) is 0 Å². The third-order valence-electron chi connectivity index (χ3n) is 1.33. The summed E-state index contributed by atoms with van der Waals surface area (Å²) < 4.78 is 4.94. The Kier molecular flexibility index (Phi) is 11.3. The van der Waals surface area contributed by atoms with Crippen molar-refractivity contribution in [1.82, 2.24) is 0 Å². The van der Waals surface area contributed by atoms with Crippen molar-refractivity contribution in [2.24, 2.45) is 0 Å². The van der Waals surface area contributed by atoms with Gasteiger partial charge in [-0.05, 0) is 36.5 Å². The molecule has 0 heterocycles. The van der Waals surface area contributed by atoms with Crippen molar-refractivity contribution >= 4 is 24.4 Å². The fourth-order valence-corrected chi connectivity index (χ4v) is 1.88. The number of thiol groups is 1. The highest BCUT2D eigenvalue weighted by Gasteiger charge is 1.89. The van der Waals surface area contributed by atoms with E-state index in [4.69, 9.17) is 4.74 Å². The molecule has 3 heteroatoms. The quantitative estimate of drug-likeness (QED) is 0.469. The summed E-state index contributed by atoms with van der Waals surface area (Å²) in [5, 5.41) is 0. The van der Waals surface area contributed by atoms with Gasteiger partial charge in [0.05, 0.1) is 0 Å². The summed E-state index contributed by atoms with van der Waals surface area (Å²) in [5.41, 5.74) is 0. The van der Waals surface area contributed by atoms with Gasteiger partial charge in [-0.25, -0.2) is 0 Å². The second-order valence-electron chi connectivity index (χ2n) is 2.39. The largest absolute Gasteiger partial charge is 0.385 e. The lowest BCUT2D eigenvalue weighted by atomic mass is 10.4. The van der Waals surface area contributed by atoms with E-state index in [1.54, 1.807) is 7.11 Å². The van der Waals surface area contributed by atoms with Crippen molar-refractivity contribution < 1.29 is 4.74 Å². The summed E-state index contributed by atoms with van der Waals surface area (Å²) in [4.78, 5) is 0. The molecule has 0 N–H and O–H groups in total. The van der Waals surface area contributed by atoms with E-state index < -0.39 is 0 Å². The highest BCUT2D eigenvalue weighted by Crippen LogP contribution is 2.06. The molecule has 0 amide bonds. The lowest BCUT2D eigenvalue weighted by Gasteiger charge is -1.99. The van der Waals surface area contributed by atoms with Crippen LogP contribution >= 0.6 is 24.4 Å². The lowest BCUT2D eigenvalue weighted by molar-refractivity contribution is 0.200.